The molecule has 0 aromatic carbocycles. The smallest absolute Gasteiger partial charge is 0.306 e. The van der Waals surface area contributed by atoms with Gasteiger partial charge in [0.2, 0.25) is 0 Å². The van der Waals surface area contributed by atoms with Crippen molar-refractivity contribution in [1.29, 1.82) is 0 Å². The summed E-state index contributed by atoms with van der Waals surface area (Å²) in [7, 11) is 1.78. The maximum Gasteiger partial charge on any atom is 0.306 e. The molecule has 4 fully saturated rings. The van der Waals surface area contributed by atoms with Gasteiger partial charge in [-0.1, -0.05) is 67.2 Å². The number of methoxy groups -OCH3 is 1. The lowest BCUT2D eigenvalue weighted by atomic mass is 9.87. The van der Waals surface area contributed by atoms with Crippen molar-refractivity contribution >= 4 is 12.3 Å². The third-order valence-electron chi connectivity index (χ3n) is 9.83. The van der Waals surface area contributed by atoms with Crippen molar-refractivity contribution in [2.24, 2.45) is 35.5 Å². The Hall–Kier alpha value is -0.980. The van der Waals surface area contributed by atoms with Crippen LogP contribution < -0.4 is 0 Å². The Kier molecular flexibility index (Phi) is 16.2. The van der Waals surface area contributed by atoms with E-state index in [9.17, 15) is 9.59 Å². The molecule has 4 rings (SSSR count). The van der Waals surface area contributed by atoms with Crippen LogP contribution in [0.1, 0.15) is 119 Å². The topological polar surface area (TPSA) is 77.7 Å². The van der Waals surface area contributed by atoms with Gasteiger partial charge in [-0.15, -0.1) is 0 Å². The summed E-state index contributed by atoms with van der Waals surface area (Å²) < 4.78 is 21.5. The van der Waals surface area contributed by atoms with E-state index in [-0.39, 0.29) is 5.97 Å². The standard InChI is InChI=1S/C16H28O3.C9H18O.C8H14O2/c1-4-11(3)13(5-2)9-16(17)18-10-12-6-7-14-15(8-12)19-14;1-4-9(5-2)8(3)6-7-10;1-9-5-6-2-3-7-8(4-6)10-7/h11-15H,4-10H2,1-3H3;7-9H,4-6H2,1-3H3;6-8H,2-5H2,1H3. The van der Waals surface area contributed by atoms with Crippen LogP contribution >= 0.6 is 0 Å². The molecule has 2 saturated carbocycles. The second-order valence-corrected chi connectivity index (χ2v) is 12.6. The van der Waals surface area contributed by atoms with Crippen molar-refractivity contribution in [3.63, 3.8) is 0 Å². The number of hydrogen-bond donors (Lipinski definition) is 0. The molecular formula is C33H60O6. The van der Waals surface area contributed by atoms with Crippen LogP contribution in [-0.4, -0.2) is 57.0 Å². The molecule has 9 atom stereocenters. The molecule has 2 saturated heterocycles. The Balaban J connectivity index is 0.000000225. The summed E-state index contributed by atoms with van der Waals surface area (Å²) in [5.74, 6) is 3.68. The molecule has 228 valence electrons. The molecule has 0 radical (unpaired) electrons. The molecule has 6 heteroatoms. The number of aldehydes is 1. The Labute approximate surface area is 239 Å². The first-order valence-electron chi connectivity index (χ1n) is 16.2. The van der Waals surface area contributed by atoms with Gasteiger partial charge in [-0.25, -0.2) is 0 Å². The molecule has 2 aliphatic carbocycles. The van der Waals surface area contributed by atoms with Crippen LogP contribution in [0.3, 0.4) is 0 Å². The van der Waals surface area contributed by atoms with Gasteiger partial charge in [0, 0.05) is 26.6 Å². The zero-order valence-electron chi connectivity index (χ0n) is 26.2. The van der Waals surface area contributed by atoms with Crippen LogP contribution in [0.5, 0.6) is 0 Å². The van der Waals surface area contributed by atoms with E-state index >= 15 is 0 Å². The fraction of sp³-hybridized carbons (Fsp3) is 0.939. The van der Waals surface area contributed by atoms with Crippen LogP contribution in [0, 0.1) is 35.5 Å². The average molecular weight is 553 g/mol. The number of epoxide rings is 2. The van der Waals surface area contributed by atoms with Gasteiger partial charge in [0.15, 0.2) is 0 Å². The lowest BCUT2D eigenvalue weighted by Gasteiger charge is -2.22. The quantitative estimate of drug-likeness (QED) is 0.127. The van der Waals surface area contributed by atoms with E-state index in [0.717, 1.165) is 63.3 Å². The number of ether oxygens (including phenoxy) is 4. The third-order valence-corrected chi connectivity index (χ3v) is 9.83. The minimum atomic E-state index is -0.00834. The summed E-state index contributed by atoms with van der Waals surface area (Å²) in [5, 5.41) is 0. The lowest BCUT2D eigenvalue weighted by molar-refractivity contribution is -0.147. The molecule has 9 unspecified atom stereocenters. The average Bonchev–Trinajstić information content (AvgIpc) is 3.86. The molecule has 39 heavy (non-hydrogen) atoms. The minimum absolute atomic E-state index is 0.00834. The van der Waals surface area contributed by atoms with E-state index in [1.165, 1.54) is 32.1 Å². The first-order chi connectivity index (χ1) is 18.8. The van der Waals surface area contributed by atoms with Crippen LogP contribution in [0.15, 0.2) is 0 Å². The molecule has 0 N–H and O–H groups in total. The summed E-state index contributed by atoms with van der Waals surface area (Å²) in [6.45, 7) is 14.6. The Morgan fingerprint density at radius 2 is 1.31 bits per heavy atom. The van der Waals surface area contributed by atoms with Crippen LogP contribution in [0.2, 0.25) is 0 Å². The molecule has 2 aliphatic heterocycles. The SMILES string of the molecule is CCC(C)C(CC)CC(=O)OCC1CCC2OC2C1.CCC(CC)C(C)CC=O.COCC1CCC2OC2C1. The van der Waals surface area contributed by atoms with Crippen molar-refractivity contribution in [2.75, 3.05) is 20.3 Å². The summed E-state index contributed by atoms with van der Waals surface area (Å²) in [5.41, 5.74) is 0. The van der Waals surface area contributed by atoms with Gasteiger partial charge in [-0.05, 0) is 74.0 Å². The van der Waals surface area contributed by atoms with Crippen LogP contribution in [0.25, 0.3) is 0 Å². The minimum Gasteiger partial charge on any atom is -0.465 e. The fourth-order valence-corrected chi connectivity index (χ4v) is 6.51. The number of carbonyl (C=O) groups is 2. The van der Waals surface area contributed by atoms with Crippen LogP contribution in [0.4, 0.5) is 0 Å². The highest BCUT2D eigenvalue weighted by molar-refractivity contribution is 5.69. The summed E-state index contributed by atoms with van der Waals surface area (Å²) in [6, 6.07) is 0. The van der Waals surface area contributed by atoms with Gasteiger partial charge in [0.05, 0.1) is 31.0 Å². The zero-order valence-corrected chi connectivity index (χ0v) is 26.2. The van der Waals surface area contributed by atoms with Crippen molar-refractivity contribution in [1.82, 2.24) is 0 Å². The molecule has 0 aromatic heterocycles. The number of fused-ring (bicyclic) bond motifs is 2. The maximum atomic E-state index is 11.9. The van der Waals surface area contributed by atoms with Crippen molar-refractivity contribution in [2.45, 2.75) is 143 Å². The highest BCUT2D eigenvalue weighted by Crippen LogP contribution is 2.40. The lowest BCUT2D eigenvalue weighted by Crippen LogP contribution is -2.22. The zero-order chi connectivity index (χ0) is 28.8. The normalized spacial score (nSPS) is 30.7. The van der Waals surface area contributed by atoms with Crippen molar-refractivity contribution in [3.05, 3.63) is 0 Å². The monoisotopic (exact) mass is 552 g/mol. The Bertz CT molecular complexity index is 679. The van der Waals surface area contributed by atoms with Gasteiger partial charge in [-0.2, -0.15) is 0 Å². The fourth-order valence-electron chi connectivity index (χ4n) is 6.51. The van der Waals surface area contributed by atoms with E-state index in [4.69, 9.17) is 18.9 Å². The molecule has 4 aliphatic rings. The van der Waals surface area contributed by atoms with Gasteiger partial charge in [0.25, 0.3) is 0 Å². The Morgan fingerprint density at radius 1 is 0.769 bits per heavy atom. The van der Waals surface area contributed by atoms with Gasteiger partial charge in [0.1, 0.15) is 6.29 Å². The number of hydrogen-bond acceptors (Lipinski definition) is 6. The van der Waals surface area contributed by atoms with Crippen molar-refractivity contribution in [3.8, 4) is 0 Å². The second-order valence-electron chi connectivity index (χ2n) is 12.6. The maximum absolute atomic E-state index is 11.9. The molecule has 0 aromatic rings. The van der Waals surface area contributed by atoms with Gasteiger partial charge in [-0.3, -0.25) is 4.79 Å². The van der Waals surface area contributed by atoms with Gasteiger partial charge < -0.3 is 23.7 Å². The highest BCUT2D eigenvalue weighted by Gasteiger charge is 2.44. The predicted octanol–water partition coefficient (Wildman–Crippen LogP) is 7.41. The van der Waals surface area contributed by atoms with E-state index in [1.54, 1.807) is 7.11 Å². The van der Waals surface area contributed by atoms with Crippen LogP contribution in [-0.2, 0) is 28.5 Å². The Morgan fingerprint density at radius 3 is 1.74 bits per heavy atom. The predicted molar refractivity (Wildman–Crippen MR) is 157 cm³/mol. The largest absolute Gasteiger partial charge is 0.465 e. The van der Waals surface area contributed by atoms with E-state index in [2.05, 4.69) is 41.5 Å². The van der Waals surface area contributed by atoms with Gasteiger partial charge >= 0.3 is 5.97 Å². The number of esters is 1. The molecule has 2 heterocycles. The van der Waals surface area contributed by atoms with Crippen molar-refractivity contribution < 1.29 is 28.5 Å². The summed E-state index contributed by atoms with van der Waals surface area (Å²) in [4.78, 5) is 22.1. The summed E-state index contributed by atoms with van der Waals surface area (Å²) in [6.07, 6.45) is 16.4. The molecule has 0 amide bonds. The number of carbonyl (C=O) groups excluding carboxylic acids is 2. The van der Waals surface area contributed by atoms with E-state index < -0.39 is 0 Å². The van der Waals surface area contributed by atoms with E-state index in [1.807, 2.05) is 0 Å². The highest BCUT2D eigenvalue weighted by atomic mass is 16.6. The first kappa shape index (κ1) is 34.2. The third kappa shape index (κ3) is 12.6. The molecule has 0 bridgehead atoms. The molecule has 0 spiro atoms. The molecule has 6 nitrogen and oxygen atoms in total. The second kappa shape index (κ2) is 18.5. The van der Waals surface area contributed by atoms with E-state index in [0.29, 0.717) is 61.1 Å². The summed E-state index contributed by atoms with van der Waals surface area (Å²) >= 11 is 0. The first-order valence-corrected chi connectivity index (χ1v) is 16.2. The molecular weight excluding hydrogens is 492 g/mol. The number of rotatable bonds is 14.